The van der Waals surface area contributed by atoms with Crippen molar-refractivity contribution in [3.63, 3.8) is 0 Å². The number of rotatable bonds is 3. The Hall–Kier alpha value is -3.65. The Morgan fingerprint density at radius 3 is 2.41 bits per heavy atom. The summed E-state index contributed by atoms with van der Waals surface area (Å²) in [6.07, 6.45) is -1.69. The van der Waals surface area contributed by atoms with Crippen molar-refractivity contribution >= 4 is 80.6 Å². The molecule has 2 N–H and O–H groups in total. The van der Waals surface area contributed by atoms with Crippen LogP contribution in [0.15, 0.2) is 58.6 Å². The number of para-hydroxylation sites is 1. The Bertz CT molecular complexity index is 1560. The minimum Gasteiger partial charge on any atom is -0.475 e. The van der Waals surface area contributed by atoms with Gasteiger partial charge in [0.1, 0.15) is 5.69 Å². The van der Waals surface area contributed by atoms with Gasteiger partial charge in [-0.25, -0.2) is 9.79 Å². The van der Waals surface area contributed by atoms with Gasteiger partial charge in [-0.2, -0.15) is 13.2 Å². The summed E-state index contributed by atoms with van der Waals surface area (Å²) in [5, 5.41) is 11.8. The van der Waals surface area contributed by atoms with Crippen LogP contribution < -0.4 is 5.32 Å². The Morgan fingerprint density at radius 1 is 1.12 bits per heavy atom. The number of halogens is 5. The molecule has 0 unspecified atom stereocenters. The van der Waals surface area contributed by atoms with Crippen molar-refractivity contribution in [2.24, 2.45) is 4.99 Å². The molecule has 2 aromatic carbocycles. The number of carboxylic acid groups (broad SMARTS) is 1. The fourth-order valence-electron chi connectivity index (χ4n) is 3.71. The highest BCUT2D eigenvalue weighted by molar-refractivity contribution is 8.18. The van der Waals surface area contributed by atoms with E-state index in [0.717, 1.165) is 10.9 Å². The second-order valence-corrected chi connectivity index (χ2v) is 10.2. The third-order valence-electron chi connectivity index (χ3n) is 5.64. The van der Waals surface area contributed by atoms with Crippen molar-refractivity contribution < 1.29 is 37.4 Å². The van der Waals surface area contributed by atoms with E-state index in [4.69, 9.17) is 37.8 Å². The molecule has 0 spiro atoms. The number of nitrogens with one attached hydrogen (secondary N) is 1. The summed E-state index contributed by atoms with van der Waals surface area (Å²) in [7, 11) is 0. The standard InChI is InChI=1S/C24H18Cl2N4O3S.C2HF3O2/c25-17-2-1-3-18(26)21(17)28-24-29-22(31)20(34-24)13-14-4-5-19-16(12-14)15(6-7-27-19)23(32)30-8-10-33-11-9-30;3-2(4,5)1(6)7/h1-7,12-13H,8-11H2,(H,28,29,31);(H,6,7). The molecule has 5 rings (SSSR count). The number of amides is 2. The molecule has 0 bridgehead atoms. The molecule has 2 aliphatic rings. The zero-order chi connectivity index (χ0) is 29.7. The SMILES string of the molecule is O=C(O)C(F)(F)F.O=C1NC(=Nc2c(Cl)cccc2Cl)SC1=Cc1ccc2nccc(C(=O)N3CCOCC3)c2c1. The number of carbonyl (C=O) groups is 3. The summed E-state index contributed by atoms with van der Waals surface area (Å²) < 4.78 is 37.1. The molecule has 1 aromatic heterocycles. The first-order chi connectivity index (χ1) is 19.4. The predicted octanol–water partition coefficient (Wildman–Crippen LogP) is 5.54. The number of nitrogens with zero attached hydrogens (tertiary/aromatic N) is 3. The molecule has 3 aromatic rings. The smallest absolute Gasteiger partial charge is 0.475 e. The van der Waals surface area contributed by atoms with Crippen LogP contribution in [0.4, 0.5) is 18.9 Å². The number of fused-ring (bicyclic) bond motifs is 1. The number of hydrogen-bond donors (Lipinski definition) is 2. The molecule has 9 nitrogen and oxygen atoms in total. The molecular weight excluding hydrogens is 608 g/mol. The Morgan fingerprint density at radius 2 is 1.78 bits per heavy atom. The highest BCUT2D eigenvalue weighted by Crippen LogP contribution is 2.36. The summed E-state index contributed by atoms with van der Waals surface area (Å²) in [6, 6.07) is 12.4. The van der Waals surface area contributed by atoms with E-state index in [2.05, 4.69) is 15.3 Å². The van der Waals surface area contributed by atoms with E-state index < -0.39 is 12.1 Å². The fourth-order valence-corrected chi connectivity index (χ4v) is 5.02. The normalized spacial score (nSPS) is 17.4. The van der Waals surface area contributed by atoms with Crippen LogP contribution in [-0.4, -0.2) is 70.4 Å². The number of thioether (sulfide) groups is 1. The molecule has 0 aliphatic carbocycles. The van der Waals surface area contributed by atoms with Gasteiger partial charge in [0.15, 0.2) is 5.17 Å². The monoisotopic (exact) mass is 626 g/mol. The molecule has 2 amide bonds. The number of carbonyl (C=O) groups excluding carboxylic acids is 2. The van der Waals surface area contributed by atoms with Gasteiger partial charge in [0.05, 0.1) is 39.2 Å². The maximum absolute atomic E-state index is 13.1. The molecule has 3 heterocycles. The van der Waals surface area contributed by atoms with Crippen LogP contribution >= 0.6 is 35.0 Å². The van der Waals surface area contributed by atoms with Gasteiger partial charge in [-0.1, -0.05) is 35.3 Å². The fraction of sp³-hybridized carbons (Fsp3) is 0.192. The maximum Gasteiger partial charge on any atom is 0.490 e. The van der Waals surface area contributed by atoms with Crippen LogP contribution in [0.2, 0.25) is 10.0 Å². The summed E-state index contributed by atoms with van der Waals surface area (Å²) in [5.41, 5.74) is 2.45. The van der Waals surface area contributed by atoms with E-state index >= 15 is 0 Å². The molecular formula is C26H19Cl2F3N4O5S. The van der Waals surface area contributed by atoms with Crippen LogP contribution in [-0.2, 0) is 14.3 Å². The lowest BCUT2D eigenvalue weighted by Gasteiger charge is -2.27. The number of amidine groups is 1. The first kappa shape index (κ1) is 30.3. The lowest BCUT2D eigenvalue weighted by Crippen LogP contribution is -2.40. The van der Waals surface area contributed by atoms with E-state index in [1.807, 2.05) is 18.2 Å². The quantitative estimate of drug-likeness (QED) is 0.366. The second kappa shape index (κ2) is 12.9. The van der Waals surface area contributed by atoms with E-state index in [9.17, 15) is 22.8 Å². The number of ether oxygens (including phenoxy) is 1. The number of hydrogen-bond acceptors (Lipinski definition) is 7. The maximum atomic E-state index is 13.1. The largest absolute Gasteiger partial charge is 0.490 e. The molecule has 0 atom stereocenters. The number of aliphatic carboxylic acids is 1. The summed E-state index contributed by atoms with van der Waals surface area (Å²) in [5.74, 6) is -3.09. The van der Waals surface area contributed by atoms with Gasteiger partial charge in [-0.3, -0.25) is 14.6 Å². The van der Waals surface area contributed by atoms with Gasteiger partial charge < -0.3 is 20.1 Å². The van der Waals surface area contributed by atoms with E-state index in [-0.39, 0.29) is 11.8 Å². The van der Waals surface area contributed by atoms with Gasteiger partial charge in [0.2, 0.25) is 0 Å². The highest BCUT2D eigenvalue weighted by Gasteiger charge is 2.38. The van der Waals surface area contributed by atoms with Crippen molar-refractivity contribution in [3.05, 3.63) is 74.7 Å². The average molecular weight is 627 g/mol. The zero-order valence-corrected chi connectivity index (χ0v) is 23.1. The van der Waals surface area contributed by atoms with Crippen LogP contribution in [0.25, 0.3) is 17.0 Å². The van der Waals surface area contributed by atoms with Crippen molar-refractivity contribution in [1.29, 1.82) is 0 Å². The van der Waals surface area contributed by atoms with Crippen LogP contribution in [0.5, 0.6) is 0 Å². The van der Waals surface area contributed by atoms with Crippen LogP contribution in [0, 0.1) is 0 Å². The van der Waals surface area contributed by atoms with Gasteiger partial charge >= 0.3 is 12.1 Å². The Balaban J connectivity index is 0.000000493. The minimum atomic E-state index is -5.08. The van der Waals surface area contributed by atoms with Gasteiger partial charge in [-0.15, -0.1) is 0 Å². The molecule has 0 saturated carbocycles. The van der Waals surface area contributed by atoms with Crippen LogP contribution in [0.1, 0.15) is 15.9 Å². The number of aliphatic imine (C=N–C) groups is 1. The van der Waals surface area contributed by atoms with E-state index in [1.54, 1.807) is 41.4 Å². The highest BCUT2D eigenvalue weighted by atomic mass is 35.5. The number of pyridine rings is 1. The van der Waals surface area contributed by atoms with Gasteiger partial charge in [0.25, 0.3) is 11.8 Å². The van der Waals surface area contributed by atoms with Crippen molar-refractivity contribution in [2.75, 3.05) is 26.3 Å². The molecule has 15 heteroatoms. The Labute approximate surface area is 245 Å². The lowest BCUT2D eigenvalue weighted by atomic mass is 10.0. The average Bonchev–Trinajstić information content (AvgIpc) is 3.28. The van der Waals surface area contributed by atoms with Gasteiger partial charge in [-0.05, 0) is 53.7 Å². The van der Waals surface area contributed by atoms with Crippen molar-refractivity contribution in [3.8, 4) is 0 Å². The minimum absolute atomic E-state index is 0.0560. The number of aromatic nitrogens is 1. The molecule has 214 valence electrons. The van der Waals surface area contributed by atoms with Crippen molar-refractivity contribution in [2.45, 2.75) is 6.18 Å². The second-order valence-electron chi connectivity index (χ2n) is 8.39. The summed E-state index contributed by atoms with van der Waals surface area (Å²) >= 11 is 13.6. The number of carboxylic acids is 1. The third kappa shape index (κ3) is 7.55. The topological polar surface area (TPSA) is 121 Å². The van der Waals surface area contributed by atoms with E-state index in [1.165, 1.54) is 11.8 Å². The lowest BCUT2D eigenvalue weighted by molar-refractivity contribution is -0.192. The molecule has 0 radical (unpaired) electrons. The first-order valence-electron chi connectivity index (χ1n) is 11.7. The summed E-state index contributed by atoms with van der Waals surface area (Å²) in [6.45, 7) is 2.17. The van der Waals surface area contributed by atoms with Crippen LogP contribution in [0.3, 0.4) is 0 Å². The number of benzene rings is 2. The zero-order valence-electron chi connectivity index (χ0n) is 20.7. The van der Waals surface area contributed by atoms with Gasteiger partial charge in [0, 0.05) is 24.7 Å². The number of morpholine rings is 1. The summed E-state index contributed by atoms with van der Waals surface area (Å²) in [4.78, 5) is 45.6. The molecule has 41 heavy (non-hydrogen) atoms. The molecule has 2 saturated heterocycles. The van der Waals surface area contributed by atoms with Crippen molar-refractivity contribution in [1.82, 2.24) is 15.2 Å². The predicted molar refractivity (Wildman–Crippen MR) is 149 cm³/mol. The third-order valence-corrected chi connectivity index (χ3v) is 7.16. The molecule has 2 aliphatic heterocycles. The van der Waals surface area contributed by atoms with E-state index in [0.29, 0.717) is 63.2 Å². The first-order valence-corrected chi connectivity index (χ1v) is 13.3. The Kier molecular flexibility index (Phi) is 9.53. The molecule has 2 fully saturated rings. The number of alkyl halides is 3.